The van der Waals surface area contributed by atoms with E-state index in [0.29, 0.717) is 18.8 Å². The molecular weight excluding hydrogens is 200 g/mol. The first-order valence-electron chi connectivity index (χ1n) is 3.63. The number of nitrogens with one attached hydrogen (secondary N) is 1. The smallest absolute Gasteiger partial charge is 0.178 e. The zero-order valence-corrected chi connectivity index (χ0v) is 7.46. The van der Waals surface area contributed by atoms with Crippen molar-refractivity contribution in [3.8, 4) is 5.75 Å². The molecule has 0 radical (unpaired) electrons. The molecule has 1 aliphatic heterocycles. The van der Waals surface area contributed by atoms with Crippen LogP contribution in [0.1, 0.15) is 0 Å². The number of hydrogen-bond donors (Lipinski definition) is 1. The molecule has 2 rings (SSSR count). The van der Waals surface area contributed by atoms with Crippen LogP contribution in [0.4, 0.5) is 14.5 Å². The molecule has 0 bridgehead atoms. The first-order chi connectivity index (χ1) is 5.77. The van der Waals surface area contributed by atoms with Gasteiger partial charge in [0.1, 0.15) is 12.4 Å². The van der Waals surface area contributed by atoms with E-state index in [0.717, 1.165) is 6.07 Å². The highest BCUT2D eigenvalue weighted by Gasteiger charge is 2.15. The van der Waals surface area contributed by atoms with Crippen LogP contribution >= 0.6 is 12.4 Å². The highest BCUT2D eigenvalue weighted by Crippen LogP contribution is 2.30. The fourth-order valence-electron chi connectivity index (χ4n) is 1.18. The third-order valence-electron chi connectivity index (χ3n) is 1.67. The average Bonchev–Trinajstić information content (AvgIpc) is 2.04. The van der Waals surface area contributed by atoms with Gasteiger partial charge in [0.15, 0.2) is 11.6 Å². The lowest BCUT2D eigenvalue weighted by atomic mass is 10.2. The van der Waals surface area contributed by atoms with Crippen LogP contribution in [0.15, 0.2) is 12.1 Å². The summed E-state index contributed by atoms with van der Waals surface area (Å²) in [5.74, 6) is -1.14. The predicted molar refractivity (Wildman–Crippen MR) is 47.6 cm³/mol. The van der Waals surface area contributed by atoms with Crippen molar-refractivity contribution in [3.05, 3.63) is 23.8 Å². The topological polar surface area (TPSA) is 21.3 Å². The second kappa shape index (κ2) is 3.79. The van der Waals surface area contributed by atoms with Gasteiger partial charge in [-0.1, -0.05) is 0 Å². The minimum Gasteiger partial charge on any atom is -0.486 e. The molecule has 0 unspecified atom stereocenters. The first kappa shape index (κ1) is 10.1. The molecule has 1 heterocycles. The number of ether oxygens (including phenoxy) is 1. The highest BCUT2D eigenvalue weighted by molar-refractivity contribution is 5.85. The van der Waals surface area contributed by atoms with E-state index in [9.17, 15) is 8.78 Å². The fraction of sp³-hybridized carbons (Fsp3) is 0.250. The Labute approximate surface area is 80.3 Å². The van der Waals surface area contributed by atoms with Crippen LogP contribution in [-0.4, -0.2) is 13.2 Å². The minimum absolute atomic E-state index is 0. The summed E-state index contributed by atoms with van der Waals surface area (Å²) in [4.78, 5) is 0. The number of halogens is 3. The van der Waals surface area contributed by atoms with Crippen molar-refractivity contribution >= 4 is 18.1 Å². The molecule has 13 heavy (non-hydrogen) atoms. The van der Waals surface area contributed by atoms with E-state index >= 15 is 0 Å². The van der Waals surface area contributed by atoms with Crippen molar-refractivity contribution in [2.75, 3.05) is 18.5 Å². The van der Waals surface area contributed by atoms with Gasteiger partial charge in [0.2, 0.25) is 0 Å². The summed E-state index contributed by atoms with van der Waals surface area (Å²) in [7, 11) is 0. The van der Waals surface area contributed by atoms with E-state index in [2.05, 4.69) is 5.32 Å². The molecule has 0 saturated heterocycles. The van der Waals surface area contributed by atoms with Crippen molar-refractivity contribution < 1.29 is 13.5 Å². The zero-order valence-electron chi connectivity index (χ0n) is 6.64. The Morgan fingerprint density at radius 1 is 1.31 bits per heavy atom. The third-order valence-corrected chi connectivity index (χ3v) is 1.67. The van der Waals surface area contributed by atoms with E-state index in [1.807, 2.05) is 0 Å². The monoisotopic (exact) mass is 207 g/mol. The number of hydrogen-bond acceptors (Lipinski definition) is 2. The molecule has 0 fully saturated rings. The van der Waals surface area contributed by atoms with Crippen molar-refractivity contribution in [2.45, 2.75) is 0 Å². The van der Waals surface area contributed by atoms with Gasteiger partial charge in [0, 0.05) is 18.7 Å². The van der Waals surface area contributed by atoms with Crippen molar-refractivity contribution in [2.24, 2.45) is 0 Å². The van der Waals surface area contributed by atoms with Gasteiger partial charge in [-0.15, -0.1) is 12.4 Å². The number of rotatable bonds is 0. The van der Waals surface area contributed by atoms with E-state index in [4.69, 9.17) is 4.74 Å². The van der Waals surface area contributed by atoms with Crippen LogP contribution in [0.2, 0.25) is 0 Å². The number of benzene rings is 1. The molecule has 5 heteroatoms. The van der Waals surface area contributed by atoms with E-state index in [1.165, 1.54) is 6.07 Å². The van der Waals surface area contributed by atoms with Crippen molar-refractivity contribution in [3.63, 3.8) is 0 Å². The number of anilines is 1. The van der Waals surface area contributed by atoms with Crippen LogP contribution in [-0.2, 0) is 0 Å². The van der Waals surface area contributed by atoms with Gasteiger partial charge in [0.05, 0.1) is 5.69 Å². The minimum atomic E-state index is -0.655. The molecule has 0 amide bonds. The normalized spacial score (nSPS) is 13.4. The van der Waals surface area contributed by atoms with Gasteiger partial charge in [-0.25, -0.2) is 8.78 Å². The van der Waals surface area contributed by atoms with E-state index in [-0.39, 0.29) is 18.2 Å². The standard InChI is InChI=1S/C8H7F2NO.ClH/c9-5-3-6(10)8-7(4-5)11-1-2-12-8;/h3-4,11H,1-2H2;1H. The van der Waals surface area contributed by atoms with Gasteiger partial charge >= 0.3 is 0 Å². The van der Waals surface area contributed by atoms with Crippen LogP contribution in [0.25, 0.3) is 0 Å². The largest absolute Gasteiger partial charge is 0.486 e. The summed E-state index contributed by atoms with van der Waals surface area (Å²) in [6, 6.07) is 2.03. The molecule has 2 nitrogen and oxygen atoms in total. The molecule has 0 aromatic heterocycles. The lowest BCUT2D eigenvalue weighted by Gasteiger charge is -2.19. The summed E-state index contributed by atoms with van der Waals surface area (Å²) in [6.45, 7) is 0.992. The summed E-state index contributed by atoms with van der Waals surface area (Å²) in [5, 5.41) is 2.84. The average molecular weight is 208 g/mol. The molecule has 72 valence electrons. The zero-order chi connectivity index (χ0) is 8.55. The first-order valence-corrected chi connectivity index (χ1v) is 3.63. The third kappa shape index (κ3) is 1.83. The summed E-state index contributed by atoms with van der Waals surface area (Å²) in [6.07, 6.45) is 0. The molecule has 1 aromatic rings. The summed E-state index contributed by atoms with van der Waals surface area (Å²) >= 11 is 0. The Hall–Kier alpha value is -1.03. The van der Waals surface area contributed by atoms with Gasteiger partial charge in [-0.2, -0.15) is 0 Å². The van der Waals surface area contributed by atoms with Crippen molar-refractivity contribution in [1.82, 2.24) is 0 Å². The Bertz CT molecular complexity index is 319. The maximum atomic E-state index is 12.9. The Morgan fingerprint density at radius 3 is 2.85 bits per heavy atom. The Morgan fingerprint density at radius 2 is 2.08 bits per heavy atom. The SMILES string of the molecule is Cl.Fc1cc(F)c2c(c1)NCCO2. The van der Waals surface area contributed by atoms with Crippen LogP contribution in [0.3, 0.4) is 0 Å². The maximum absolute atomic E-state index is 12.9. The van der Waals surface area contributed by atoms with E-state index < -0.39 is 11.6 Å². The quantitative estimate of drug-likeness (QED) is 0.704. The van der Waals surface area contributed by atoms with E-state index in [1.54, 1.807) is 0 Å². The molecule has 0 saturated carbocycles. The van der Waals surface area contributed by atoms with Crippen LogP contribution in [0.5, 0.6) is 5.75 Å². The predicted octanol–water partition coefficient (Wildman–Crippen LogP) is 2.19. The van der Waals surface area contributed by atoms with Crippen LogP contribution in [0, 0.1) is 11.6 Å². The highest BCUT2D eigenvalue weighted by atomic mass is 35.5. The van der Waals surface area contributed by atoms with Crippen LogP contribution < -0.4 is 10.1 Å². The van der Waals surface area contributed by atoms with Crippen molar-refractivity contribution in [1.29, 1.82) is 0 Å². The van der Waals surface area contributed by atoms with Gasteiger partial charge < -0.3 is 10.1 Å². The Kier molecular flexibility index (Phi) is 2.93. The molecule has 0 spiro atoms. The molecule has 1 aliphatic rings. The van der Waals surface area contributed by atoms with Gasteiger partial charge in [0.25, 0.3) is 0 Å². The van der Waals surface area contributed by atoms with Gasteiger partial charge in [-0.05, 0) is 0 Å². The fourth-order valence-corrected chi connectivity index (χ4v) is 1.18. The lowest BCUT2D eigenvalue weighted by Crippen LogP contribution is -2.19. The summed E-state index contributed by atoms with van der Waals surface area (Å²) in [5.41, 5.74) is 0.388. The molecule has 0 atom stereocenters. The molecule has 1 aromatic carbocycles. The summed E-state index contributed by atoms with van der Waals surface area (Å²) < 4.78 is 30.6. The molecule has 1 N–H and O–H groups in total. The number of fused-ring (bicyclic) bond motifs is 1. The molecular formula is C8H8ClF2NO. The lowest BCUT2D eigenvalue weighted by molar-refractivity contribution is 0.305. The van der Waals surface area contributed by atoms with Gasteiger partial charge in [-0.3, -0.25) is 0 Å². The molecule has 0 aliphatic carbocycles. The second-order valence-corrected chi connectivity index (χ2v) is 2.54. The maximum Gasteiger partial charge on any atom is 0.178 e. The Balaban J connectivity index is 0.000000845. The second-order valence-electron chi connectivity index (χ2n) is 2.54.